The molecule has 5 heteroatoms. The molecule has 0 aliphatic carbocycles. The quantitative estimate of drug-likeness (QED) is 0.663. The summed E-state index contributed by atoms with van der Waals surface area (Å²) < 4.78 is 5.55. The average Bonchev–Trinajstić information content (AvgIpc) is 2.47. The predicted molar refractivity (Wildman–Crippen MR) is 74.9 cm³/mol. The number of nitro benzene ring substituents is 1. The van der Waals surface area contributed by atoms with Crippen LogP contribution in [0.2, 0.25) is 0 Å². The smallest absolute Gasteiger partial charge is 0.273 e. The normalized spacial score (nSPS) is 11.9. The second-order valence-electron chi connectivity index (χ2n) is 4.35. The molecule has 5 nitrogen and oxygen atoms in total. The molecule has 2 aromatic rings. The molecular weight excluding hydrogens is 258 g/mol. The van der Waals surface area contributed by atoms with Crippen molar-refractivity contribution in [1.82, 2.24) is 0 Å². The lowest BCUT2D eigenvalue weighted by atomic mass is 10.1. The van der Waals surface area contributed by atoms with Crippen LogP contribution in [0.4, 0.5) is 5.69 Å². The van der Waals surface area contributed by atoms with Crippen LogP contribution in [-0.2, 0) is 0 Å². The summed E-state index contributed by atoms with van der Waals surface area (Å²) in [5.74, 6) is 0.973. The predicted octanol–water partition coefficient (Wildman–Crippen LogP) is 3.83. The fraction of sp³-hybridized carbons (Fsp3) is 0.200. The highest BCUT2D eigenvalue weighted by molar-refractivity contribution is 5.41. The van der Waals surface area contributed by atoms with Crippen molar-refractivity contribution in [3.05, 3.63) is 64.2 Å². The largest absolute Gasteiger partial charge is 0.457 e. The van der Waals surface area contributed by atoms with Crippen LogP contribution in [0.3, 0.4) is 0 Å². The standard InChI is InChI=1S/C15H15NO4/c1-2-15(17)11-6-8-13(9-7-11)20-14-5-3-4-12(10-14)16(18)19/h3-10,15,17H,2H2,1H3. The Morgan fingerprint density at radius 1 is 1.20 bits per heavy atom. The first kappa shape index (κ1) is 14.0. The fourth-order valence-corrected chi connectivity index (χ4v) is 1.79. The van der Waals surface area contributed by atoms with Crippen molar-refractivity contribution >= 4 is 5.69 Å². The second-order valence-corrected chi connectivity index (χ2v) is 4.35. The third kappa shape index (κ3) is 3.33. The van der Waals surface area contributed by atoms with Gasteiger partial charge in [-0.05, 0) is 30.2 Å². The van der Waals surface area contributed by atoms with Crippen molar-refractivity contribution < 1.29 is 14.8 Å². The maximum atomic E-state index is 10.7. The van der Waals surface area contributed by atoms with E-state index in [2.05, 4.69) is 0 Å². The second kappa shape index (κ2) is 6.16. The maximum Gasteiger partial charge on any atom is 0.273 e. The Kier molecular flexibility index (Phi) is 4.32. The fourth-order valence-electron chi connectivity index (χ4n) is 1.79. The van der Waals surface area contributed by atoms with Gasteiger partial charge >= 0.3 is 0 Å². The number of hydrogen-bond acceptors (Lipinski definition) is 4. The molecule has 0 saturated heterocycles. The van der Waals surface area contributed by atoms with Crippen molar-refractivity contribution in [2.24, 2.45) is 0 Å². The number of nitro groups is 1. The summed E-state index contributed by atoms with van der Waals surface area (Å²) >= 11 is 0. The third-order valence-electron chi connectivity index (χ3n) is 2.92. The summed E-state index contributed by atoms with van der Waals surface area (Å²) in [6, 6.07) is 13.0. The highest BCUT2D eigenvalue weighted by atomic mass is 16.6. The van der Waals surface area contributed by atoms with E-state index in [0.29, 0.717) is 17.9 Å². The number of benzene rings is 2. The van der Waals surface area contributed by atoms with Gasteiger partial charge in [0.2, 0.25) is 0 Å². The van der Waals surface area contributed by atoms with Gasteiger partial charge in [0, 0.05) is 6.07 Å². The maximum absolute atomic E-state index is 10.7. The lowest BCUT2D eigenvalue weighted by Gasteiger charge is -2.09. The minimum atomic E-state index is -0.484. The van der Waals surface area contributed by atoms with Crippen LogP contribution < -0.4 is 4.74 Å². The number of rotatable bonds is 5. The van der Waals surface area contributed by atoms with Crippen LogP contribution >= 0.6 is 0 Å². The molecule has 0 heterocycles. The molecule has 0 spiro atoms. The SMILES string of the molecule is CCC(O)c1ccc(Oc2cccc([N+](=O)[O-])c2)cc1. The molecule has 1 atom stereocenters. The zero-order chi connectivity index (χ0) is 14.5. The van der Waals surface area contributed by atoms with E-state index >= 15 is 0 Å². The Morgan fingerprint density at radius 3 is 2.50 bits per heavy atom. The molecule has 0 aromatic heterocycles. The van der Waals surface area contributed by atoms with Crippen LogP contribution in [0.5, 0.6) is 11.5 Å². The summed E-state index contributed by atoms with van der Waals surface area (Å²) in [5.41, 5.74) is 0.805. The Labute approximate surface area is 116 Å². The van der Waals surface area contributed by atoms with Crippen LogP contribution in [0.25, 0.3) is 0 Å². The molecule has 1 N–H and O–H groups in total. The minimum Gasteiger partial charge on any atom is -0.457 e. The summed E-state index contributed by atoms with van der Waals surface area (Å²) in [6.45, 7) is 1.90. The van der Waals surface area contributed by atoms with Gasteiger partial charge in [-0.1, -0.05) is 25.1 Å². The molecule has 0 saturated carbocycles. The van der Waals surface area contributed by atoms with E-state index < -0.39 is 11.0 Å². The van der Waals surface area contributed by atoms with E-state index in [-0.39, 0.29) is 5.69 Å². The molecule has 0 amide bonds. The molecule has 1 unspecified atom stereocenters. The number of nitrogens with zero attached hydrogens (tertiary/aromatic N) is 1. The lowest BCUT2D eigenvalue weighted by Crippen LogP contribution is -1.94. The van der Waals surface area contributed by atoms with Gasteiger partial charge in [-0.15, -0.1) is 0 Å². The van der Waals surface area contributed by atoms with Gasteiger partial charge in [-0.3, -0.25) is 10.1 Å². The Balaban J connectivity index is 2.14. The molecule has 2 rings (SSSR count). The zero-order valence-corrected chi connectivity index (χ0v) is 11.0. The molecule has 0 aliphatic heterocycles. The van der Waals surface area contributed by atoms with E-state index in [1.54, 1.807) is 36.4 Å². The van der Waals surface area contributed by atoms with Gasteiger partial charge in [0.25, 0.3) is 5.69 Å². The first-order chi connectivity index (χ1) is 9.60. The van der Waals surface area contributed by atoms with Crippen molar-refractivity contribution in [1.29, 1.82) is 0 Å². The summed E-state index contributed by atoms with van der Waals surface area (Å²) in [7, 11) is 0. The molecule has 0 radical (unpaired) electrons. The molecule has 20 heavy (non-hydrogen) atoms. The molecule has 0 bridgehead atoms. The van der Waals surface area contributed by atoms with Crippen LogP contribution in [0, 0.1) is 10.1 Å². The topological polar surface area (TPSA) is 72.6 Å². The number of hydrogen-bond donors (Lipinski definition) is 1. The summed E-state index contributed by atoms with van der Waals surface area (Å²) in [4.78, 5) is 10.2. The summed E-state index contributed by atoms with van der Waals surface area (Å²) in [6.07, 6.45) is 0.160. The van der Waals surface area contributed by atoms with Crippen molar-refractivity contribution in [2.45, 2.75) is 19.4 Å². The molecule has 2 aromatic carbocycles. The number of aliphatic hydroxyl groups excluding tert-OH is 1. The zero-order valence-electron chi connectivity index (χ0n) is 11.0. The van der Waals surface area contributed by atoms with Gasteiger partial charge < -0.3 is 9.84 Å². The molecule has 104 valence electrons. The van der Waals surface area contributed by atoms with Crippen LogP contribution in [0.15, 0.2) is 48.5 Å². The Hall–Kier alpha value is -2.40. The third-order valence-corrected chi connectivity index (χ3v) is 2.92. The monoisotopic (exact) mass is 273 g/mol. The van der Waals surface area contributed by atoms with E-state index in [9.17, 15) is 15.2 Å². The lowest BCUT2D eigenvalue weighted by molar-refractivity contribution is -0.384. The first-order valence-electron chi connectivity index (χ1n) is 6.30. The van der Waals surface area contributed by atoms with Crippen molar-refractivity contribution in [3.8, 4) is 11.5 Å². The van der Waals surface area contributed by atoms with E-state index in [0.717, 1.165) is 5.56 Å². The van der Waals surface area contributed by atoms with E-state index in [4.69, 9.17) is 4.74 Å². The van der Waals surface area contributed by atoms with Crippen LogP contribution in [0.1, 0.15) is 25.0 Å². The highest BCUT2D eigenvalue weighted by Crippen LogP contribution is 2.26. The first-order valence-corrected chi connectivity index (χ1v) is 6.30. The molecular formula is C15H15NO4. The molecule has 0 aliphatic rings. The highest BCUT2D eigenvalue weighted by Gasteiger charge is 2.08. The average molecular weight is 273 g/mol. The van der Waals surface area contributed by atoms with Crippen molar-refractivity contribution in [3.63, 3.8) is 0 Å². The van der Waals surface area contributed by atoms with E-state index in [1.165, 1.54) is 12.1 Å². The number of ether oxygens (including phenoxy) is 1. The van der Waals surface area contributed by atoms with Gasteiger partial charge in [0.05, 0.1) is 17.1 Å². The van der Waals surface area contributed by atoms with Gasteiger partial charge in [-0.2, -0.15) is 0 Å². The number of aliphatic hydroxyl groups is 1. The minimum absolute atomic E-state index is 0.0134. The molecule has 0 fully saturated rings. The Morgan fingerprint density at radius 2 is 1.90 bits per heavy atom. The van der Waals surface area contributed by atoms with Gasteiger partial charge in [-0.25, -0.2) is 0 Å². The number of non-ortho nitro benzene ring substituents is 1. The van der Waals surface area contributed by atoms with E-state index in [1.807, 2.05) is 6.92 Å². The van der Waals surface area contributed by atoms with Crippen molar-refractivity contribution in [2.75, 3.05) is 0 Å². The van der Waals surface area contributed by atoms with Gasteiger partial charge in [0.15, 0.2) is 0 Å². The summed E-state index contributed by atoms with van der Waals surface area (Å²) in [5, 5.41) is 20.4. The Bertz CT molecular complexity index is 595. The van der Waals surface area contributed by atoms with Crippen LogP contribution in [-0.4, -0.2) is 10.0 Å². The van der Waals surface area contributed by atoms with Gasteiger partial charge in [0.1, 0.15) is 11.5 Å².